The molecule has 0 saturated heterocycles. The van der Waals surface area contributed by atoms with E-state index in [0.717, 1.165) is 57.0 Å². The first kappa shape index (κ1) is 22.9. The van der Waals surface area contributed by atoms with E-state index in [1.807, 2.05) is 10.9 Å². The second-order valence-corrected chi connectivity index (χ2v) is 8.33. The van der Waals surface area contributed by atoms with E-state index in [1.54, 1.807) is 0 Å². The minimum atomic E-state index is -0.0126. The zero-order valence-corrected chi connectivity index (χ0v) is 20.4. The molecule has 4 rings (SSSR count). The third kappa shape index (κ3) is 5.47. The average Bonchev–Trinajstić information content (AvgIpc) is 3.34. The van der Waals surface area contributed by atoms with Gasteiger partial charge in [-0.25, -0.2) is 0 Å². The van der Waals surface area contributed by atoms with Gasteiger partial charge in [-0.2, -0.15) is 5.10 Å². The fourth-order valence-corrected chi connectivity index (χ4v) is 4.57. The van der Waals surface area contributed by atoms with Gasteiger partial charge >= 0.3 is 0 Å². The van der Waals surface area contributed by atoms with E-state index >= 15 is 0 Å². The molecule has 1 saturated carbocycles. The highest BCUT2D eigenvalue weighted by atomic mass is 127. The number of halogens is 1. The van der Waals surface area contributed by atoms with Crippen LogP contribution in [0, 0.1) is 6.92 Å². The summed E-state index contributed by atoms with van der Waals surface area (Å²) in [6.07, 6.45) is 10.8. The Labute approximate surface area is 196 Å². The molecule has 0 bridgehead atoms. The third-order valence-electron chi connectivity index (χ3n) is 5.94. The third-order valence-corrected chi connectivity index (χ3v) is 5.94. The van der Waals surface area contributed by atoms with Gasteiger partial charge in [0, 0.05) is 37.8 Å². The summed E-state index contributed by atoms with van der Waals surface area (Å²) in [5.74, 6) is 1.92. The number of aliphatic imine (C=N–C) groups is 1. The summed E-state index contributed by atoms with van der Waals surface area (Å²) in [5.41, 5.74) is 2.42. The molecule has 2 aliphatic rings. The maximum absolute atomic E-state index is 6.49. The molecule has 6 nitrogen and oxygen atoms in total. The number of para-hydroxylation sites is 1. The van der Waals surface area contributed by atoms with Gasteiger partial charge < -0.3 is 15.4 Å². The lowest BCUT2D eigenvalue weighted by Gasteiger charge is -2.40. The maximum atomic E-state index is 6.49. The van der Waals surface area contributed by atoms with E-state index < -0.39 is 0 Å². The fourth-order valence-electron chi connectivity index (χ4n) is 4.57. The Bertz CT molecular complexity index is 844. The molecule has 2 aromatic rings. The molecule has 2 heterocycles. The van der Waals surface area contributed by atoms with Crippen LogP contribution in [0.1, 0.15) is 62.6 Å². The van der Waals surface area contributed by atoms with Gasteiger partial charge in [0.05, 0.1) is 12.2 Å². The molecule has 30 heavy (non-hydrogen) atoms. The Morgan fingerprint density at radius 3 is 2.83 bits per heavy atom. The van der Waals surface area contributed by atoms with Crippen molar-refractivity contribution < 1.29 is 4.74 Å². The van der Waals surface area contributed by atoms with Crippen LogP contribution in [0.15, 0.2) is 41.7 Å². The van der Waals surface area contributed by atoms with E-state index in [0.29, 0.717) is 0 Å². The molecular formula is C23H34IN5O. The van der Waals surface area contributed by atoms with Crippen molar-refractivity contribution in [2.45, 2.75) is 70.6 Å². The number of aromatic nitrogens is 2. The van der Waals surface area contributed by atoms with Crippen LogP contribution in [0.4, 0.5) is 0 Å². The number of guanidine groups is 1. The second kappa shape index (κ2) is 10.5. The van der Waals surface area contributed by atoms with Crippen molar-refractivity contribution in [3.8, 4) is 5.75 Å². The predicted octanol–water partition coefficient (Wildman–Crippen LogP) is 4.59. The van der Waals surface area contributed by atoms with E-state index in [1.165, 1.54) is 24.0 Å². The Hall–Kier alpha value is -1.77. The minimum absolute atomic E-state index is 0. The molecule has 0 amide bonds. The zero-order chi connectivity index (χ0) is 20.1. The van der Waals surface area contributed by atoms with E-state index in [4.69, 9.17) is 9.73 Å². The van der Waals surface area contributed by atoms with E-state index in [9.17, 15) is 0 Å². The molecule has 164 valence electrons. The van der Waals surface area contributed by atoms with Crippen molar-refractivity contribution >= 4 is 29.9 Å². The number of nitrogens with zero attached hydrogens (tertiary/aromatic N) is 3. The summed E-state index contributed by atoms with van der Waals surface area (Å²) in [6.45, 7) is 6.68. The highest BCUT2D eigenvalue weighted by Gasteiger charge is 2.43. The fraction of sp³-hybridized carbons (Fsp3) is 0.565. The number of ether oxygens (including phenoxy) is 1. The molecule has 1 aliphatic heterocycles. The number of rotatable bonds is 6. The number of hydrogen-bond acceptors (Lipinski definition) is 3. The first-order valence-corrected chi connectivity index (χ1v) is 11.0. The molecule has 1 atom stereocenters. The van der Waals surface area contributed by atoms with E-state index in [2.05, 4.69) is 60.0 Å². The maximum Gasteiger partial charge on any atom is 0.191 e. The lowest BCUT2D eigenvalue weighted by Crippen LogP contribution is -2.46. The van der Waals surface area contributed by atoms with Crippen LogP contribution in [-0.4, -0.2) is 34.4 Å². The van der Waals surface area contributed by atoms with Crippen LogP contribution in [0.5, 0.6) is 5.75 Å². The first-order valence-electron chi connectivity index (χ1n) is 11.0. The van der Waals surface area contributed by atoms with Crippen molar-refractivity contribution in [2.75, 3.05) is 13.1 Å². The van der Waals surface area contributed by atoms with Gasteiger partial charge in [-0.05, 0) is 57.6 Å². The van der Waals surface area contributed by atoms with Gasteiger partial charge in [0.25, 0.3) is 0 Å². The molecule has 1 aliphatic carbocycles. The SMILES string of the molecule is CCNC(=NCCCn1cc(C)cn1)NC1CC2(CCCC2)Oc2ccccc21.I. The average molecular weight is 523 g/mol. The molecule has 0 radical (unpaired) electrons. The molecule has 1 spiro atoms. The molecular weight excluding hydrogens is 489 g/mol. The van der Waals surface area contributed by atoms with Gasteiger partial charge in [-0.1, -0.05) is 18.2 Å². The van der Waals surface area contributed by atoms with Gasteiger partial charge in [-0.3, -0.25) is 9.67 Å². The van der Waals surface area contributed by atoms with E-state index in [-0.39, 0.29) is 35.6 Å². The zero-order valence-electron chi connectivity index (χ0n) is 18.1. The highest BCUT2D eigenvalue weighted by molar-refractivity contribution is 14.0. The summed E-state index contributed by atoms with van der Waals surface area (Å²) in [6, 6.07) is 8.68. The Morgan fingerprint density at radius 2 is 2.10 bits per heavy atom. The summed E-state index contributed by atoms with van der Waals surface area (Å²) < 4.78 is 8.48. The normalized spacial score (nSPS) is 19.7. The molecule has 1 unspecified atom stereocenters. The largest absolute Gasteiger partial charge is 0.487 e. The van der Waals surface area contributed by atoms with Crippen molar-refractivity contribution in [3.63, 3.8) is 0 Å². The number of fused-ring (bicyclic) bond motifs is 1. The standard InChI is InChI=1S/C23H33N5O.HI/c1-3-24-22(25-13-8-14-28-17-18(2)16-26-28)27-20-15-23(11-6-7-12-23)29-21-10-5-4-9-19(20)21;/h4-5,9-10,16-17,20H,3,6-8,11-15H2,1-2H3,(H2,24,25,27);1H. The molecule has 2 N–H and O–H groups in total. The summed E-state index contributed by atoms with van der Waals surface area (Å²) in [5, 5.41) is 11.5. The van der Waals surface area contributed by atoms with Gasteiger partial charge in [0.2, 0.25) is 0 Å². The summed E-state index contributed by atoms with van der Waals surface area (Å²) in [4.78, 5) is 4.83. The molecule has 1 aromatic carbocycles. The van der Waals surface area contributed by atoms with Gasteiger partial charge in [0.15, 0.2) is 5.96 Å². The number of nitrogens with one attached hydrogen (secondary N) is 2. The van der Waals surface area contributed by atoms with Crippen LogP contribution in [-0.2, 0) is 6.54 Å². The van der Waals surface area contributed by atoms with Crippen molar-refractivity contribution in [1.82, 2.24) is 20.4 Å². The monoisotopic (exact) mass is 523 g/mol. The highest BCUT2D eigenvalue weighted by Crippen LogP contribution is 2.46. The quantitative estimate of drug-likeness (QED) is 0.252. The first-order chi connectivity index (χ1) is 14.2. The Kier molecular flexibility index (Phi) is 8.02. The Balaban J connectivity index is 0.00000256. The van der Waals surface area contributed by atoms with Crippen molar-refractivity contribution in [3.05, 3.63) is 47.8 Å². The van der Waals surface area contributed by atoms with Gasteiger partial charge in [0.1, 0.15) is 11.4 Å². The summed E-state index contributed by atoms with van der Waals surface area (Å²) >= 11 is 0. The molecule has 7 heteroatoms. The minimum Gasteiger partial charge on any atom is -0.487 e. The molecule has 1 aromatic heterocycles. The number of aryl methyl sites for hydroxylation is 2. The van der Waals surface area contributed by atoms with Crippen LogP contribution in [0.3, 0.4) is 0 Å². The Morgan fingerprint density at radius 1 is 1.30 bits per heavy atom. The van der Waals surface area contributed by atoms with Crippen molar-refractivity contribution in [2.24, 2.45) is 4.99 Å². The smallest absolute Gasteiger partial charge is 0.191 e. The lowest BCUT2D eigenvalue weighted by atomic mass is 9.86. The van der Waals surface area contributed by atoms with Crippen LogP contribution < -0.4 is 15.4 Å². The predicted molar refractivity (Wildman–Crippen MR) is 132 cm³/mol. The lowest BCUT2D eigenvalue weighted by molar-refractivity contribution is 0.0396. The topological polar surface area (TPSA) is 63.5 Å². The second-order valence-electron chi connectivity index (χ2n) is 8.33. The van der Waals surface area contributed by atoms with Crippen molar-refractivity contribution in [1.29, 1.82) is 0 Å². The van der Waals surface area contributed by atoms with Gasteiger partial charge in [-0.15, -0.1) is 24.0 Å². The van der Waals surface area contributed by atoms with Crippen LogP contribution >= 0.6 is 24.0 Å². The number of hydrogen-bond donors (Lipinski definition) is 2. The summed E-state index contributed by atoms with van der Waals surface area (Å²) in [7, 11) is 0. The van der Waals surface area contributed by atoms with Crippen LogP contribution in [0.25, 0.3) is 0 Å². The van der Waals surface area contributed by atoms with Crippen LogP contribution in [0.2, 0.25) is 0 Å². The number of benzene rings is 1. The molecule has 1 fully saturated rings.